The van der Waals surface area contributed by atoms with Gasteiger partial charge in [-0.25, -0.2) is 0 Å². The summed E-state index contributed by atoms with van der Waals surface area (Å²) in [4.78, 5) is 16.9. The zero-order valence-electron chi connectivity index (χ0n) is 14.9. The number of amides is 1. The molecule has 4 heteroatoms. The predicted octanol–water partition coefficient (Wildman–Crippen LogP) is 2.98. The van der Waals surface area contributed by atoms with Crippen molar-refractivity contribution in [2.75, 3.05) is 33.7 Å². The van der Waals surface area contributed by atoms with Gasteiger partial charge in [-0.1, -0.05) is 11.6 Å². The molecule has 3 rings (SSSR count). The van der Waals surface area contributed by atoms with Crippen molar-refractivity contribution in [3.8, 4) is 0 Å². The average molecular weight is 320 g/mol. The molecule has 2 atom stereocenters. The third-order valence-corrected chi connectivity index (χ3v) is 5.58. The Kier molecular flexibility index (Phi) is 5.42. The Bertz CT molecular complexity index is 460. The molecule has 2 heterocycles. The molecule has 130 valence electrons. The molecule has 4 nitrogen and oxygen atoms in total. The molecule has 0 saturated carbocycles. The molecular weight excluding hydrogens is 288 g/mol. The largest absolute Gasteiger partial charge is 0.369 e. The maximum atomic E-state index is 12.6. The van der Waals surface area contributed by atoms with Crippen molar-refractivity contribution < 1.29 is 9.53 Å². The van der Waals surface area contributed by atoms with Crippen LogP contribution in [0, 0.1) is 0 Å². The van der Waals surface area contributed by atoms with Crippen LogP contribution in [-0.4, -0.2) is 61.1 Å². The van der Waals surface area contributed by atoms with E-state index in [9.17, 15) is 4.79 Å². The van der Waals surface area contributed by atoms with Crippen LogP contribution >= 0.6 is 0 Å². The molecule has 0 aromatic carbocycles. The summed E-state index contributed by atoms with van der Waals surface area (Å²) in [7, 11) is 4.21. The van der Waals surface area contributed by atoms with Crippen molar-refractivity contribution >= 4 is 5.91 Å². The van der Waals surface area contributed by atoms with Crippen LogP contribution in [0.15, 0.2) is 11.6 Å². The summed E-state index contributed by atoms with van der Waals surface area (Å²) in [6.45, 7) is 2.67. The number of carbonyl (C=O) groups excluding carboxylic acids is 1. The van der Waals surface area contributed by atoms with Gasteiger partial charge in [0.15, 0.2) is 0 Å². The summed E-state index contributed by atoms with van der Waals surface area (Å²) in [5.41, 5.74) is 1.30. The van der Waals surface area contributed by atoms with E-state index in [0.717, 1.165) is 51.7 Å². The molecule has 2 aliphatic heterocycles. The SMILES string of the molecule is CN(C)C[C@@H]1CCC[C@@]2(CCN(C(=O)CC3=CCCCC3)C2)O1. The van der Waals surface area contributed by atoms with E-state index in [4.69, 9.17) is 4.74 Å². The average Bonchev–Trinajstić information content (AvgIpc) is 2.91. The Morgan fingerprint density at radius 1 is 1.35 bits per heavy atom. The minimum Gasteiger partial charge on any atom is -0.369 e. The van der Waals surface area contributed by atoms with E-state index in [1.807, 2.05) is 0 Å². The van der Waals surface area contributed by atoms with Gasteiger partial charge >= 0.3 is 0 Å². The Hall–Kier alpha value is -0.870. The van der Waals surface area contributed by atoms with Crippen LogP contribution in [-0.2, 0) is 9.53 Å². The smallest absolute Gasteiger partial charge is 0.226 e. The van der Waals surface area contributed by atoms with Gasteiger partial charge in [0.25, 0.3) is 0 Å². The van der Waals surface area contributed by atoms with Gasteiger partial charge in [-0.2, -0.15) is 0 Å². The molecule has 0 unspecified atom stereocenters. The van der Waals surface area contributed by atoms with Gasteiger partial charge < -0.3 is 14.5 Å². The standard InChI is InChI=1S/C19H32N2O2/c1-20(2)14-17-9-6-10-19(23-17)11-12-21(15-19)18(22)13-16-7-4-3-5-8-16/h7,17H,3-6,8-15H2,1-2H3/t17-,19-/m0/s1. The number of ether oxygens (including phenoxy) is 1. The van der Waals surface area contributed by atoms with Crippen LogP contribution in [0.4, 0.5) is 0 Å². The summed E-state index contributed by atoms with van der Waals surface area (Å²) >= 11 is 0. The van der Waals surface area contributed by atoms with Crippen molar-refractivity contribution in [2.24, 2.45) is 0 Å². The van der Waals surface area contributed by atoms with Crippen LogP contribution in [0.2, 0.25) is 0 Å². The predicted molar refractivity (Wildman–Crippen MR) is 92.4 cm³/mol. The Morgan fingerprint density at radius 2 is 2.22 bits per heavy atom. The van der Waals surface area contributed by atoms with Crippen LogP contribution in [0.25, 0.3) is 0 Å². The van der Waals surface area contributed by atoms with Crippen molar-refractivity contribution in [1.82, 2.24) is 9.80 Å². The second-order valence-corrected chi connectivity index (χ2v) is 7.93. The molecule has 3 aliphatic rings. The molecule has 2 fully saturated rings. The van der Waals surface area contributed by atoms with Gasteiger partial charge in [0.1, 0.15) is 0 Å². The Balaban J connectivity index is 1.54. The number of nitrogens with zero attached hydrogens (tertiary/aromatic N) is 2. The zero-order chi connectivity index (χ0) is 16.3. The van der Waals surface area contributed by atoms with E-state index in [1.165, 1.54) is 24.8 Å². The third-order valence-electron chi connectivity index (χ3n) is 5.58. The van der Waals surface area contributed by atoms with Crippen LogP contribution in [0.1, 0.15) is 57.8 Å². The van der Waals surface area contributed by atoms with Crippen LogP contribution < -0.4 is 0 Å². The molecule has 1 aliphatic carbocycles. The molecule has 1 spiro atoms. The summed E-state index contributed by atoms with van der Waals surface area (Å²) in [6, 6.07) is 0. The summed E-state index contributed by atoms with van der Waals surface area (Å²) in [5.74, 6) is 0.313. The first-order valence-electron chi connectivity index (χ1n) is 9.35. The minimum atomic E-state index is -0.0600. The van der Waals surface area contributed by atoms with Crippen LogP contribution in [0.3, 0.4) is 0 Å². The zero-order valence-corrected chi connectivity index (χ0v) is 14.9. The molecule has 0 N–H and O–H groups in total. The fourth-order valence-corrected chi connectivity index (χ4v) is 4.39. The maximum Gasteiger partial charge on any atom is 0.226 e. The number of rotatable bonds is 4. The summed E-state index contributed by atoms with van der Waals surface area (Å²) in [5, 5.41) is 0. The lowest BCUT2D eigenvalue weighted by atomic mass is 9.90. The molecule has 1 amide bonds. The van der Waals surface area contributed by atoms with Crippen molar-refractivity contribution in [2.45, 2.75) is 69.5 Å². The van der Waals surface area contributed by atoms with E-state index in [-0.39, 0.29) is 5.60 Å². The van der Waals surface area contributed by atoms with Crippen LogP contribution in [0.5, 0.6) is 0 Å². The second kappa shape index (κ2) is 7.35. The molecule has 0 aromatic heterocycles. The fourth-order valence-electron chi connectivity index (χ4n) is 4.39. The molecule has 0 aromatic rings. The maximum absolute atomic E-state index is 12.6. The molecule has 23 heavy (non-hydrogen) atoms. The van der Waals surface area contributed by atoms with Crippen molar-refractivity contribution in [1.29, 1.82) is 0 Å². The monoisotopic (exact) mass is 320 g/mol. The Labute approximate surface area is 140 Å². The number of carbonyl (C=O) groups is 1. The third kappa shape index (κ3) is 4.36. The number of hydrogen-bond acceptors (Lipinski definition) is 3. The molecule has 0 radical (unpaired) electrons. The Morgan fingerprint density at radius 3 is 2.96 bits per heavy atom. The van der Waals surface area contributed by atoms with Gasteiger partial charge in [0.2, 0.25) is 5.91 Å². The van der Waals surface area contributed by atoms with Crippen molar-refractivity contribution in [3.63, 3.8) is 0 Å². The number of hydrogen-bond donors (Lipinski definition) is 0. The lowest BCUT2D eigenvalue weighted by Gasteiger charge is -2.39. The summed E-state index contributed by atoms with van der Waals surface area (Å²) < 4.78 is 6.47. The first-order valence-corrected chi connectivity index (χ1v) is 9.35. The van der Waals surface area contributed by atoms with Crippen molar-refractivity contribution in [3.05, 3.63) is 11.6 Å². The normalized spacial score (nSPS) is 31.7. The van der Waals surface area contributed by atoms with E-state index >= 15 is 0 Å². The quantitative estimate of drug-likeness (QED) is 0.747. The number of likely N-dealkylation sites (N-methyl/N-ethyl adjacent to an activating group) is 1. The van der Waals surface area contributed by atoms with E-state index < -0.39 is 0 Å². The first-order chi connectivity index (χ1) is 11.1. The van der Waals surface area contributed by atoms with Gasteiger partial charge in [-0.15, -0.1) is 0 Å². The lowest BCUT2D eigenvalue weighted by molar-refractivity contribution is -0.139. The van der Waals surface area contributed by atoms with Gasteiger partial charge in [-0.3, -0.25) is 4.79 Å². The molecule has 2 saturated heterocycles. The fraction of sp³-hybridized carbons (Fsp3) is 0.842. The molecular formula is C19H32N2O2. The number of likely N-dealkylation sites (tertiary alicyclic amines) is 1. The van der Waals surface area contributed by atoms with E-state index in [1.54, 1.807) is 0 Å². The molecule has 0 bridgehead atoms. The van der Waals surface area contributed by atoms with Gasteiger partial charge in [0, 0.05) is 26.1 Å². The lowest BCUT2D eigenvalue weighted by Crippen LogP contribution is -2.46. The van der Waals surface area contributed by atoms with E-state index in [2.05, 4.69) is 30.0 Å². The van der Waals surface area contributed by atoms with Gasteiger partial charge in [0.05, 0.1) is 11.7 Å². The highest BCUT2D eigenvalue weighted by atomic mass is 16.5. The highest BCUT2D eigenvalue weighted by Crippen LogP contribution is 2.37. The number of allylic oxidation sites excluding steroid dienone is 1. The minimum absolute atomic E-state index is 0.0600. The topological polar surface area (TPSA) is 32.8 Å². The summed E-state index contributed by atoms with van der Waals surface area (Å²) in [6.07, 6.45) is 12.6. The second-order valence-electron chi connectivity index (χ2n) is 7.93. The first kappa shape index (κ1) is 17.0. The van der Waals surface area contributed by atoms with Gasteiger partial charge in [-0.05, 0) is 65.5 Å². The highest BCUT2D eigenvalue weighted by molar-refractivity contribution is 5.79. The highest BCUT2D eigenvalue weighted by Gasteiger charge is 2.44. The van der Waals surface area contributed by atoms with E-state index in [0.29, 0.717) is 18.4 Å².